The topological polar surface area (TPSA) is 95.9 Å². The zero-order valence-electron chi connectivity index (χ0n) is 16.4. The number of hydrogen-bond acceptors (Lipinski definition) is 5. The number of nitrogens with zero attached hydrogens (tertiary/aromatic N) is 1. The minimum Gasteiger partial charge on any atom is -0.491 e. The van der Waals surface area contributed by atoms with Crippen LogP contribution in [-0.4, -0.2) is 52.5 Å². The molecule has 1 aliphatic carbocycles. The van der Waals surface area contributed by atoms with Gasteiger partial charge in [-0.1, -0.05) is 19.3 Å². The number of carbonyl (C=O) groups is 3. The van der Waals surface area contributed by atoms with Crippen LogP contribution in [0.15, 0.2) is 24.3 Å². The average Bonchev–Trinajstić information content (AvgIpc) is 2.91. The third-order valence-corrected chi connectivity index (χ3v) is 5.82. The van der Waals surface area contributed by atoms with E-state index in [2.05, 4.69) is 5.32 Å². The van der Waals surface area contributed by atoms with Crippen molar-refractivity contribution >= 4 is 17.7 Å². The molecule has 0 spiro atoms. The molecule has 3 rings (SSSR count). The molecule has 1 saturated carbocycles. The highest BCUT2D eigenvalue weighted by Crippen LogP contribution is 2.36. The molecule has 0 bridgehead atoms. The predicted molar refractivity (Wildman–Crippen MR) is 103 cm³/mol. The van der Waals surface area contributed by atoms with Crippen molar-refractivity contribution in [2.75, 3.05) is 13.2 Å². The van der Waals surface area contributed by atoms with Crippen molar-refractivity contribution in [1.29, 1.82) is 0 Å². The van der Waals surface area contributed by atoms with Crippen LogP contribution in [0, 0.1) is 5.92 Å². The van der Waals surface area contributed by atoms with Crippen molar-refractivity contribution in [3.05, 3.63) is 29.8 Å². The number of rotatable bonds is 7. The smallest absolute Gasteiger partial charge is 0.325 e. The lowest BCUT2D eigenvalue weighted by molar-refractivity contribution is -0.134. The molecule has 7 heteroatoms. The Morgan fingerprint density at radius 3 is 2.50 bits per heavy atom. The number of amides is 3. The maximum atomic E-state index is 12.9. The SMILES string of the molecule is CC(=O)c1ccc(OC[C@@H](O)CN2C(=O)N[C@](C)(C3CCCCC3)C2=O)cc1. The number of ether oxygens (including phenoxy) is 1. The summed E-state index contributed by atoms with van der Waals surface area (Å²) in [7, 11) is 0. The Morgan fingerprint density at radius 1 is 1.25 bits per heavy atom. The summed E-state index contributed by atoms with van der Waals surface area (Å²) >= 11 is 0. The van der Waals surface area contributed by atoms with Gasteiger partial charge >= 0.3 is 6.03 Å². The van der Waals surface area contributed by atoms with Gasteiger partial charge in [0, 0.05) is 5.56 Å². The second kappa shape index (κ2) is 8.31. The van der Waals surface area contributed by atoms with E-state index in [0.717, 1.165) is 30.6 Å². The fourth-order valence-corrected chi connectivity index (χ4v) is 4.08. The number of β-amino-alcohol motifs (C(OH)–C–C–N with tert-alkyl or cyclic N) is 1. The third-order valence-electron chi connectivity index (χ3n) is 5.82. The van der Waals surface area contributed by atoms with E-state index in [1.165, 1.54) is 13.3 Å². The average molecular weight is 388 g/mol. The molecule has 1 heterocycles. The summed E-state index contributed by atoms with van der Waals surface area (Å²) in [5.74, 6) is 0.338. The monoisotopic (exact) mass is 388 g/mol. The molecular weight excluding hydrogens is 360 g/mol. The molecule has 2 atom stereocenters. The highest BCUT2D eigenvalue weighted by Gasteiger charge is 2.52. The van der Waals surface area contributed by atoms with E-state index < -0.39 is 17.7 Å². The summed E-state index contributed by atoms with van der Waals surface area (Å²) in [6, 6.07) is 6.14. The first-order chi connectivity index (χ1) is 13.3. The summed E-state index contributed by atoms with van der Waals surface area (Å²) in [5, 5.41) is 13.1. The first-order valence-corrected chi connectivity index (χ1v) is 9.87. The number of aliphatic hydroxyl groups excluding tert-OH is 1. The third kappa shape index (κ3) is 4.19. The zero-order chi connectivity index (χ0) is 20.3. The number of hydrogen-bond donors (Lipinski definition) is 2. The van der Waals surface area contributed by atoms with E-state index in [1.54, 1.807) is 31.2 Å². The molecule has 1 saturated heterocycles. The van der Waals surface area contributed by atoms with E-state index in [4.69, 9.17) is 4.74 Å². The van der Waals surface area contributed by atoms with Crippen LogP contribution in [0.1, 0.15) is 56.3 Å². The van der Waals surface area contributed by atoms with Crippen LogP contribution < -0.4 is 10.1 Å². The van der Waals surface area contributed by atoms with Gasteiger partial charge in [0.2, 0.25) is 0 Å². The summed E-state index contributed by atoms with van der Waals surface area (Å²) in [6.45, 7) is 3.11. The van der Waals surface area contributed by atoms with E-state index in [-0.39, 0.29) is 30.8 Å². The molecule has 7 nitrogen and oxygen atoms in total. The van der Waals surface area contributed by atoms with Crippen LogP contribution in [0.5, 0.6) is 5.75 Å². The van der Waals surface area contributed by atoms with Crippen molar-refractivity contribution in [2.24, 2.45) is 5.92 Å². The van der Waals surface area contributed by atoms with E-state index in [1.807, 2.05) is 0 Å². The first-order valence-electron chi connectivity index (χ1n) is 9.87. The highest BCUT2D eigenvalue weighted by atomic mass is 16.5. The van der Waals surface area contributed by atoms with Gasteiger partial charge in [-0.05, 0) is 56.9 Å². The van der Waals surface area contributed by atoms with Gasteiger partial charge in [-0.15, -0.1) is 0 Å². The van der Waals surface area contributed by atoms with Crippen LogP contribution in [0.25, 0.3) is 0 Å². The molecular formula is C21H28N2O5. The summed E-state index contributed by atoms with van der Waals surface area (Å²) in [6.07, 6.45) is 4.17. The molecule has 0 radical (unpaired) electrons. The molecule has 1 aromatic carbocycles. The molecule has 1 aromatic rings. The standard InChI is InChI=1S/C21H28N2O5/c1-14(24)15-8-10-18(11-9-15)28-13-17(25)12-23-19(26)21(2,22-20(23)27)16-6-4-3-5-7-16/h8-11,16-17,25H,3-7,12-13H2,1-2H3,(H,22,27)/t17-,21+/m0/s1. The molecule has 0 aromatic heterocycles. The van der Waals surface area contributed by atoms with Crippen LogP contribution in [0.4, 0.5) is 4.79 Å². The van der Waals surface area contributed by atoms with Gasteiger partial charge < -0.3 is 15.2 Å². The van der Waals surface area contributed by atoms with Gasteiger partial charge in [-0.2, -0.15) is 0 Å². The fourth-order valence-electron chi connectivity index (χ4n) is 4.08. The largest absolute Gasteiger partial charge is 0.491 e. The minimum absolute atomic E-state index is 0.0360. The number of carbonyl (C=O) groups excluding carboxylic acids is 3. The Labute approximate surface area is 165 Å². The van der Waals surface area contributed by atoms with Crippen molar-refractivity contribution in [2.45, 2.75) is 57.6 Å². The van der Waals surface area contributed by atoms with Gasteiger partial charge in [-0.3, -0.25) is 14.5 Å². The normalized spacial score (nSPS) is 24.2. The lowest BCUT2D eigenvalue weighted by Crippen LogP contribution is -2.51. The van der Waals surface area contributed by atoms with Crippen LogP contribution in [0.2, 0.25) is 0 Å². The predicted octanol–water partition coefficient (Wildman–Crippen LogP) is 2.52. The first kappa shape index (κ1) is 20.3. The van der Waals surface area contributed by atoms with Crippen LogP contribution in [-0.2, 0) is 4.79 Å². The van der Waals surface area contributed by atoms with E-state index in [9.17, 15) is 19.5 Å². The van der Waals surface area contributed by atoms with E-state index in [0.29, 0.717) is 11.3 Å². The minimum atomic E-state index is -1.00. The van der Waals surface area contributed by atoms with Gasteiger partial charge in [0.05, 0.1) is 6.54 Å². The number of nitrogens with one attached hydrogen (secondary N) is 1. The van der Waals surface area contributed by atoms with Crippen LogP contribution in [0.3, 0.4) is 0 Å². The van der Waals surface area contributed by atoms with Crippen molar-refractivity contribution < 1.29 is 24.2 Å². The summed E-state index contributed by atoms with van der Waals surface area (Å²) in [5.41, 5.74) is -0.310. The van der Waals surface area contributed by atoms with Gasteiger partial charge in [-0.25, -0.2) is 4.79 Å². The Bertz CT molecular complexity index is 742. The lowest BCUT2D eigenvalue weighted by Gasteiger charge is -2.34. The number of urea groups is 1. The molecule has 1 aliphatic heterocycles. The zero-order valence-corrected chi connectivity index (χ0v) is 16.4. The second-order valence-corrected chi connectivity index (χ2v) is 7.93. The highest BCUT2D eigenvalue weighted by molar-refractivity contribution is 6.07. The molecule has 0 unspecified atom stereocenters. The maximum absolute atomic E-state index is 12.9. The molecule has 152 valence electrons. The molecule has 2 N–H and O–H groups in total. The maximum Gasteiger partial charge on any atom is 0.325 e. The van der Waals surface area contributed by atoms with Crippen molar-refractivity contribution in [3.8, 4) is 5.75 Å². The molecule has 2 aliphatic rings. The number of aliphatic hydroxyl groups is 1. The number of imide groups is 1. The summed E-state index contributed by atoms with van der Waals surface area (Å²) < 4.78 is 5.52. The van der Waals surface area contributed by atoms with Gasteiger partial charge in [0.25, 0.3) is 5.91 Å². The Hall–Kier alpha value is -2.41. The number of benzene rings is 1. The van der Waals surface area contributed by atoms with Gasteiger partial charge in [0.15, 0.2) is 5.78 Å². The Balaban J connectivity index is 1.56. The molecule has 2 fully saturated rings. The fraction of sp³-hybridized carbons (Fsp3) is 0.571. The molecule has 3 amide bonds. The summed E-state index contributed by atoms with van der Waals surface area (Å²) in [4.78, 5) is 37.7. The molecule has 28 heavy (non-hydrogen) atoms. The quantitative estimate of drug-likeness (QED) is 0.553. The Kier molecular flexibility index (Phi) is 6.03. The van der Waals surface area contributed by atoms with E-state index >= 15 is 0 Å². The van der Waals surface area contributed by atoms with Crippen LogP contribution >= 0.6 is 0 Å². The van der Waals surface area contributed by atoms with Crippen molar-refractivity contribution in [3.63, 3.8) is 0 Å². The number of ketones is 1. The van der Waals surface area contributed by atoms with Crippen molar-refractivity contribution in [1.82, 2.24) is 10.2 Å². The lowest BCUT2D eigenvalue weighted by atomic mass is 9.75. The van der Waals surface area contributed by atoms with Gasteiger partial charge in [0.1, 0.15) is 24.0 Å². The number of Topliss-reactive ketones (excluding diaryl/α,β-unsaturated/α-hetero) is 1. The Morgan fingerprint density at radius 2 is 1.89 bits per heavy atom. The second-order valence-electron chi connectivity index (χ2n) is 7.93.